The number of benzene rings is 2. The van der Waals surface area contributed by atoms with Crippen LogP contribution in [0.15, 0.2) is 59.2 Å². The highest BCUT2D eigenvalue weighted by Gasteiger charge is 2.08. The van der Waals surface area contributed by atoms with Gasteiger partial charge in [0.25, 0.3) is 0 Å². The van der Waals surface area contributed by atoms with Crippen LogP contribution < -0.4 is 10.1 Å². The van der Waals surface area contributed by atoms with Gasteiger partial charge in [0.05, 0.1) is 5.69 Å². The minimum absolute atomic E-state index is 0.492. The largest absolute Gasteiger partial charge is 0.489 e. The molecule has 0 bridgehead atoms. The predicted octanol–water partition coefficient (Wildman–Crippen LogP) is 6.29. The van der Waals surface area contributed by atoms with E-state index in [1.807, 2.05) is 24.3 Å². The zero-order valence-corrected chi connectivity index (χ0v) is 17.8. The molecule has 1 unspecified atom stereocenters. The summed E-state index contributed by atoms with van der Waals surface area (Å²) in [7, 11) is 0. The number of rotatable bonds is 11. The van der Waals surface area contributed by atoms with E-state index >= 15 is 0 Å². The average molecular weight is 393 g/mol. The Morgan fingerprint density at radius 2 is 1.79 bits per heavy atom. The molecule has 0 saturated carbocycles. The SMILES string of the molecule is CCCCCC(C)NCc1coc(-c2ccc(OCc3ccc(C)cc3)cc2)n1. The maximum Gasteiger partial charge on any atom is 0.226 e. The van der Waals surface area contributed by atoms with Crippen molar-refractivity contribution >= 4 is 0 Å². The smallest absolute Gasteiger partial charge is 0.226 e. The Balaban J connectivity index is 1.49. The van der Waals surface area contributed by atoms with E-state index in [1.54, 1.807) is 6.26 Å². The van der Waals surface area contributed by atoms with Crippen LogP contribution in [0.2, 0.25) is 0 Å². The van der Waals surface area contributed by atoms with Crippen molar-refractivity contribution in [3.05, 3.63) is 71.6 Å². The summed E-state index contributed by atoms with van der Waals surface area (Å²) in [6.07, 6.45) is 6.76. The zero-order valence-electron chi connectivity index (χ0n) is 17.8. The molecule has 0 aliphatic carbocycles. The van der Waals surface area contributed by atoms with Gasteiger partial charge in [-0.25, -0.2) is 4.98 Å². The zero-order chi connectivity index (χ0) is 20.5. The van der Waals surface area contributed by atoms with Gasteiger partial charge in [0.1, 0.15) is 18.6 Å². The molecule has 4 heteroatoms. The van der Waals surface area contributed by atoms with Crippen molar-refractivity contribution in [1.82, 2.24) is 10.3 Å². The van der Waals surface area contributed by atoms with Gasteiger partial charge in [0.2, 0.25) is 5.89 Å². The lowest BCUT2D eigenvalue weighted by molar-refractivity contribution is 0.306. The van der Waals surface area contributed by atoms with Crippen molar-refractivity contribution in [2.75, 3.05) is 0 Å². The summed E-state index contributed by atoms with van der Waals surface area (Å²) in [5.41, 5.74) is 4.30. The second-order valence-electron chi connectivity index (χ2n) is 7.72. The van der Waals surface area contributed by atoms with Crippen LogP contribution in [0.25, 0.3) is 11.5 Å². The van der Waals surface area contributed by atoms with E-state index in [4.69, 9.17) is 9.15 Å². The molecule has 0 fully saturated rings. The molecule has 3 rings (SSSR count). The van der Waals surface area contributed by atoms with Crippen LogP contribution in [0.1, 0.15) is 56.4 Å². The normalized spacial score (nSPS) is 12.1. The fourth-order valence-corrected chi connectivity index (χ4v) is 3.15. The number of ether oxygens (including phenoxy) is 1. The van der Waals surface area contributed by atoms with Crippen molar-refractivity contribution < 1.29 is 9.15 Å². The van der Waals surface area contributed by atoms with Gasteiger partial charge in [-0.15, -0.1) is 0 Å². The number of aromatic nitrogens is 1. The predicted molar refractivity (Wildman–Crippen MR) is 118 cm³/mol. The number of nitrogens with zero attached hydrogens (tertiary/aromatic N) is 1. The van der Waals surface area contributed by atoms with Gasteiger partial charge in [-0.2, -0.15) is 0 Å². The highest BCUT2D eigenvalue weighted by molar-refractivity contribution is 5.54. The van der Waals surface area contributed by atoms with Gasteiger partial charge < -0.3 is 14.5 Å². The average Bonchev–Trinajstić information content (AvgIpc) is 3.21. The maximum absolute atomic E-state index is 5.87. The second kappa shape index (κ2) is 10.8. The fourth-order valence-electron chi connectivity index (χ4n) is 3.15. The summed E-state index contributed by atoms with van der Waals surface area (Å²) in [5.74, 6) is 1.48. The Labute approximate surface area is 174 Å². The lowest BCUT2D eigenvalue weighted by Crippen LogP contribution is -2.25. The van der Waals surface area contributed by atoms with Crippen LogP contribution in [-0.4, -0.2) is 11.0 Å². The number of hydrogen-bond acceptors (Lipinski definition) is 4. The third-order valence-electron chi connectivity index (χ3n) is 5.05. The molecule has 0 radical (unpaired) electrons. The minimum Gasteiger partial charge on any atom is -0.489 e. The van der Waals surface area contributed by atoms with E-state index in [9.17, 15) is 0 Å². The molecule has 0 spiro atoms. The third kappa shape index (κ3) is 6.75. The standard InChI is InChI=1S/C25H32N2O2/c1-4-5-6-7-20(3)26-16-23-18-29-25(27-23)22-12-14-24(15-13-22)28-17-21-10-8-19(2)9-11-21/h8-15,18,20,26H,4-7,16-17H2,1-3H3. The van der Waals surface area contributed by atoms with Crippen molar-refractivity contribution in [2.24, 2.45) is 0 Å². The number of nitrogens with one attached hydrogen (secondary N) is 1. The van der Waals surface area contributed by atoms with Gasteiger partial charge in [-0.05, 0) is 50.1 Å². The van der Waals surface area contributed by atoms with E-state index in [0.717, 1.165) is 29.1 Å². The van der Waals surface area contributed by atoms with E-state index < -0.39 is 0 Å². The van der Waals surface area contributed by atoms with E-state index in [1.165, 1.54) is 31.2 Å². The van der Waals surface area contributed by atoms with Crippen LogP contribution in [0.5, 0.6) is 5.75 Å². The quantitative estimate of drug-likeness (QED) is 0.390. The molecular weight excluding hydrogens is 360 g/mol. The highest BCUT2D eigenvalue weighted by atomic mass is 16.5. The maximum atomic E-state index is 5.87. The van der Waals surface area contributed by atoms with Crippen molar-refractivity contribution in [3.8, 4) is 17.2 Å². The van der Waals surface area contributed by atoms with E-state index in [2.05, 4.69) is 55.3 Å². The molecule has 29 heavy (non-hydrogen) atoms. The summed E-state index contributed by atoms with van der Waals surface area (Å²) >= 11 is 0. The Bertz CT molecular complexity index is 853. The van der Waals surface area contributed by atoms with E-state index in [-0.39, 0.29) is 0 Å². The molecule has 1 N–H and O–H groups in total. The topological polar surface area (TPSA) is 47.3 Å². The number of hydrogen-bond donors (Lipinski definition) is 1. The minimum atomic E-state index is 0.492. The first-order valence-corrected chi connectivity index (χ1v) is 10.6. The summed E-state index contributed by atoms with van der Waals surface area (Å²) in [4.78, 5) is 4.61. The highest BCUT2D eigenvalue weighted by Crippen LogP contribution is 2.22. The Morgan fingerprint density at radius 3 is 2.52 bits per heavy atom. The van der Waals surface area contributed by atoms with Gasteiger partial charge in [0, 0.05) is 18.2 Å². The van der Waals surface area contributed by atoms with Gasteiger partial charge >= 0.3 is 0 Å². The summed E-state index contributed by atoms with van der Waals surface area (Å²) in [6.45, 7) is 7.84. The second-order valence-corrected chi connectivity index (χ2v) is 7.72. The van der Waals surface area contributed by atoms with E-state index in [0.29, 0.717) is 18.5 Å². The molecule has 3 aromatic rings. The van der Waals surface area contributed by atoms with Crippen LogP contribution in [-0.2, 0) is 13.2 Å². The molecule has 1 atom stereocenters. The number of unbranched alkanes of at least 4 members (excludes halogenated alkanes) is 2. The molecular formula is C25H32N2O2. The van der Waals surface area contributed by atoms with Gasteiger partial charge in [-0.3, -0.25) is 0 Å². The van der Waals surface area contributed by atoms with Crippen LogP contribution in [0.4, 0.5) is 0 Å². The van der Waals surface area contributed by atoms with Crippen LogP contribution in [0, 0.1) is 6.92 Å². The molecule has 0 aliphatic heterocycles. The lowest BCUT2D eigenvalue weighted by atomic mass is 10.1. The lowest BCUT2D eigenvalue weighted by Gasteiger charge is -2.11. The van der Waals surface area contributed by atoms with Crippen molar-refractivity contribution in [1.29, 1.82) is 0 Å². The summed E-state index contributed by atoms with van der Waals surface area (Å²) in [6, 6.07) is 16.8. The number of aryl methyl sites for hydroxylation is 1. The van der Waals surface area contributed by atoms with Crippen molar-refractivity contribution in [3.63, 3.8) is 0 Å². The van der Waals surface area contributed by atoms with Crippen LogP contribution in [0.3, 0.4) is 0 Å². The van der Waals surface area contributed by atoms with Crippen LogP contribution >= 0.6 is 0 Å². The Morgan fingerprint density at radius 1 is 1.03 bits per heavy atom. The first-order valence-electron chi connectivity index (χ1n) is 10.6. The molecule has 1 aromatic heterocycles. The van der Waals surface area contributed by atoms with Crippen molar-refractivity contribution in [2.45, 2.75) is 65.6 Å². The van der Waals surface area contributed by atoms with Gasteiger partial charge in [-0.1, -0.05) is 56.0 Å². The van der Waals surface area contributed by atoms with Gasteiger partial charge in [0.15, 0.2) is 0 Å². The first kappa shape index (κ1) is 21.1. The monoisotopic (exact) mass is 392 g/mol. The molecule has 154 valence electrons. The first-order chi connectivity index (χ1) is 14.1. The Hall–Kier alpha value is -2.59. The molecule has 0 amide bonds. The fraction of sp³-hybridized carbons (Fsp3) is 0.400. The molecule has 0 aliphatic rings. The molecule has 4 nitrogen and oxygen atoms in total. The molecule has 1 heterocycles. The third-order valence-corrected chi connectivity index (χ3v) is 5.05. The molecule has 2 aromatic carbocycles. The number of oxazole rings is 1. The summed E-state index contributed by atoms with van der Waals surface area (Å²) < 4.78 is 11.5. The summed E-state index contributed by atoms with van der Waals surface area (Å²) in [5, 5.41) is 3.52. The molecule has 0 saturated heterocycles. The Kier molecular flexibility index (Phi) is 7.88.